The Morgan fingerprint density at radius 1 is 0.404 bits per heavy atom. The molecule has 0 N–H and O–H groups in total. The first-order valence-corrected chi connectivity index (χ1v) is 16.4. The van der Waals surface area contributed by atoms with Crippen molar-refractivity contribution in [2.24, 2.45) is 0 Å². The Morgan fingerprint density at radius 2 is 0.957 bits per heavy atom. The Balaban J connectivity index is 1.22. The first-order valence-electron chi connectivity index (χ1n) is 16.4. The van der Waals surface area contributed by atoms with E-state index in [0.29, 0.717) is 0 Å². The summed E-state index contributed by atoms with van der Waals surface area (Å²) in [5.41, 5.74) is 10.7. The van der Waals surface area contributed by atoms with Crippen molar-refractivity contribution in [1.82, 2.24) is 4.57 Å². The molecule has 47 heavy (non-hydrogen) atoms. The van der Waals surface area contributed by atoms with Crippen molar-refractivity contribution >= 4 is 76.1 Å². The number of fused-ring (bicyclic) bond motifs is 15. The molecule has 0 bridgehead atoms. The summed E-state index contributed by atoms with van der Waals surface area (Å²) < 4.78 is 8.83. The van der Waals surface area contributed by atoms with Gasteiger partial charge in [0.15, 0.2) is 0 Å². The third-order valence-corrected chi connectivity index (χ3v) is 11.0. The number of para-hydroxylation sites is 2. The van der Waals surface area contributed by atoms with E-state index in [1.54, 1.807) is 0 Å². The third-order valence-electron chi connectivity index (χ3n) is 11.0. The van der Waals surface area contributed by atoms with Crippen LogP contribution >= 0.6 is 0 Å². The molecule has 0 unspecified atom stereocenters. The van der Waals surface area contributed by atoms with Crippen LogP contribution in [0.1, 0.15) is 25.0 Å². The minimum atomic E-state index is -0.175. The molecule has 0 saturated carbocycles. The van der Waals surface area contributed by atoms with Crippen LogP contribution in [0, 0.1) is 0 Å². The summed E-state index contributed by atoms with van der Waals surface area (Å²) in [4.78, 5) is 0. The SMILES string of the molecule is CC1(C)c2cc3oc4ccccc4c3cc2-c2cc3c4ccccc4n(-c4ccc5c6ccccc6c6ccccc6c5c4)c3cc21. The maximum Gasteiger partial charge on any atom is 0.135 e. The van der Waals surface area contributed by atoms with Crippen LogP contribution < -0.4 is 0 Å². The van der Waals surface area contributed by atoms with Crippen molar-refractivity contribution in [1.29, 1.82) is 0 Å². The highest BCUT2D eigenvalue weighted by molar-refractivity contribution is 6.25. The fourth-order valence-electron chi connectivity index (χ4n) is 8.72. The van der Waals surface area contributed by atoms with Crippen LogP contribution in [0.5, 0.6) is 0 Å². The second kappa shape index (κ2) is 8.69. The number of furan rings is 1. The molecule has 10 aromatic rings. The number of benzene rings is 8. The number of nitrogens with zero attached hydrogens (tertiary/aromatic N) is 1. The minimum absolute atomic E-state index is 0.175. The second-order valence-electron chi connectivity index (χ2n) is 13.7. The highest BCUT2D eigenvalue weighted by Gasteiger charge is 2.37. The van der Waals surface area contributed by atoms with Gasteiger partial charge in [-0.2, -0.15) is 0 Å². The van der Waals surface area contributed by atoms with Gasteiger partial charge in [0.25, 0.3) is 0 Å². The van der Waals surface area contributed by atoms with Gasteiger partial charge in [0.1, 0.15) is 11.2 Å². The zero-order valence-corrected chi connectivity index (χ0v) is 26.1. The fourth-order valence-corrected chi connectivity index (χ4v) is 8.72. The van der Waals surface area contributed by atoms with Gasteiger partial charge in [0, 0.05) is 32.6 Å². The molecule has 0 atom stereocenters. The monoisotopic (exact) mass is 599 g/mol. The number of rotatable bonds is 1. The van der Waals surface area contributed by atoms with Gasteiger partial charge in [-0.3, -0.25) is 0 Å². The number of hydrogen-bond donors (Lipinski definition) is 0. The zero-order valence-electron chi connectivity index (χ0n) is 26.1. The van der Waals surface area contributed by atoms with Gasteiger partial charge in [0.05, 0.1) is 11.0 Å². The normalized spacial score (nSPS) is 13.9. The van der Waals surface area contributed by atoms with E-state index in [1.807, 2.05) is 6.07 Å². The Bertz CT molecular complexity index is 2950. The molecule has 0 amide bonds. The lowest BCUT2D eigenvalue weighted by atomic mass is 9.82. The van der Waals surface area contributed by atoms with Crippen molar-refractivity contribution in [2.45, 2.75) is 19.3 Å². The van der Waals surface area contributed by atoms with Crippen LogP contribution in [0.25, 0.3) is 92.9 Å². The van der Waals surface area contributed by atoms with E-state index in [2.05, 4.69) is 152 Å². The maximum atomic E-state index is 6.36. The molecule has 0 radical (unpaired) electrons. The summed E-state index contributed by atoms with van der Waals surface area (Å²) in [6.07, 6.45) is 0. The molecule has 0 fully saturated rings. The molecule has 11 rings (SSSR count). The van der Waals surface area contributed by atoms with Crippen molar-refractivity contribution in [2.75, 3.05) is 0 Å². The lowest BCUT2D eigenvalue weighted by Gasteiger charge is -2.22. The summed E-state index contributed by atoms with van der Waals surface area (Å²) >= 11 is 0. The molecule has 0 spiro atoms. The van der Waals surface area contributed by atoms with Gasteiger partial charge in [-0.1, -0.05) is 105 Å². The van der Waals surface area contributed by atoms with E-state index in [9.17, 15) is 0 Å². The average molecular weight is 600 g/mol. The van der Waals surface area contributed by atoms with E-state index in [1.165, 1.54) is 92.8 Å². The van der Waals surface area contributed by atoms with Crippen molar-refractivity contribution in [3.8, 4) is 16.8 Å². The summed E-state index contributed by atoms with van der Waals surface area (Å²) in [5.74, 6) is 0. The maximum absolute atomic E-state index is 6.36. The average Bonchev–Trinajstić information content (AvgIpc) is 3.71. The van der Waals surface area contributed by atoms with E-state index >= 15 is 0 Å². The molecule has 2 aromatic heterocycles. The molecule has 2 heterocycles. The van der Waals surface area contributed by atoms with E-state index in [-0.39, 0.29) is 5.41 Å². The molecule has 1 aliphatic rings. The third kappa shape index (κ3) is 3.20. The molecule has 0 saturated heterocycles. The molecular weight excluding hydrogens is 571 g/mol. The van der Waals surface area contributed by atoms with Gasteiger partial charge < -0.3 is 8.98 Å². The highest BCUT2D eigenvalue weighted by Crippen LogP contribution is 2.53. The Morgan fingerprint density at radius 3 is 1.68 bits per heavy atom. The van der Waals surface area contributed by atoms with Gasteiger partial charge in [-0.05, 0) is 103 Å². The fraction of sp³-hybridized carbons (Fsp3) is 0.0667. The standard InChI is InChI=1S/C45H29NO/c1-45(2)39-24-42-37(22-35(39)36-23-38-33-16-8-10-18-43(33)47-44(38)25-40(36)45)32-15-7-9-17-41(32)46(42)26-19-20-31-29-13-4-3-11-27(29)28-12-5-6-14-30(28)34(31)21-26/h3-25H,1-2H3. The Labute approximate surface area is 271 Å². The smallest absolute Gasteiger partial charge is 0.135 e. The molecule has 8 aromatic carbocycles. The number of hydrogen-bond acceptors (Lipinski definition) is 1. The second-order valence-corrected chi connectivity index (χ2v) is 13.7. The Hall–Kier alpha value is -5.86. The number of aromatic nitrogens is 1. The highest BCUT2D eigenvalue weighted by atomic mass is 16.3. The first kappa shape index (κ1) is 25.3. The van der Waals surface area contributed by atoms with E-state index < -0.39 is 0 Å². The predicted octanol–water partition coefficient (Wildman–Crippen LogP) is 12.4. The van der Waals surface area contributed by atoms with Gasteiger partial charge in [0.2, 0.25) is 0 Å². The lowest BCUT2D eigenvalue weighted by Crippen LogP contribution is -2.15. The molecule has 2 nitrogen and oxygen atoms in total. The summed E-state index contributed by atoms with van der Waals surface area (Å²) in [7, 11) is 0. The van der Waals surface area contributed by atoms with Gasteiger partial charge in [-0.15, -0.1) is 0 Å². The van der Waals surface area contributed by atoms with Crippen LogP contribution in [-0.2, 0) is 5.41 Å². The molecule has 0 aliphatic heterocycles. The van der Waals surface area contributed by atoms with Gasteiger partial charge in [-0.25, -0.2) is 0 Å². The summed E-state index contributed by atoms with van der Waals surface area (Å²) in [6.45, 7) is 4.72. The van der Waals surface area contributed by atoms with Crippen LogP contribution in [-0.4, -0.2) is 4.57 Å². The Kier molecular flexibility index (Phi) is 4.68. The van der Waals surface area contributed by atoms with Crippen molar-refractivity contribution in [3.63, 3.8) is 0 Å². The van der Waals surface area contributed by atoms with E-state index in [0.717, 1.165) is 11.2 Å². The van der Waals surface area contributed by atoms with Crippen LogP contribution in [0.15, 0.2) is 144 Å². The molecule has 220 valence electrons. The minimum Gasteiger partial charge on any atom is -0.456 e. The van der Waals surface area contributed by atoms with Crippen LogP contribution in [0.3, 0.4) is 0 Å². The van der Waals surface area contributed by atoms with E-state index in [4.69, 9.17) is 4.42 Å². The first-order chi connectivity index (χ1) is 23.1. The van der Waals surface area contributed by atoms with Gasteiger partial charge >= 0.3 is 0 Å². The van der Waals surface area contributed by atoms with Crippen LogP contribution in [0.4, 0.5) is 0 Å². The largest absolute Gasteiger partial charge is 0.456 e. The quantitative estimate of drug-likeness (QED) is 0.172. The molecule has 2 heteroatoms. The van der Waals surface area contributed by atoms with Crippen molar-refractivity contribution < 1.29 is 4.42 Å². The lowest BCUT2D eigenvalue weighted by molar-refractivity contribution is 0.647. The van der Waals surface area contributed by atoms with Crippen molar-refractivity contribution in [3.05, 3.63) is 151 Å². The topological polar surface area (TPSA) is 18.1 Å². The summed E-state index contributed by atoms with van der Waals surface area (Å²) in [6, 6.07) is 51.5. The predicted molar refractivity (Wildman–Crippen MR) is 198 cm³/mol. The zero-order chi connectivity index (χ0) is 31.0. The molecular formula is C45H29NO. The van der Waals surface area contributed by atoms with Crippen LogP contribution in [0.2, 0.25) is 0 Å². The molecule has 1 aliphatic carbocycles. The summed E-state index contributed by atoms with van der Waals surface area (Å²) in [5, 5.41) is 12.7.